The molecule has 22 heavy (non-hydrogen) atoms. The summed E-state index contributed by atoms with van der Waals surface area (Å²) in [7, 11) is 0. The molecule has 0 bridgehead atoms. The number of amides is 1. The van der Waals surface area contributed by atoms with E-state index in [1.807, 2.05) is 36.6 Å². The van der Waals surface area contributed by atoms with Crippen molar-refractivity contribution >= 4 is 22.9 Å². The number of nitrogens with one attached hydrogen (secondary N) is 1. The van der Waals surface area contributed by atoms with Crippen molar-refractivity contribution in [2.75, 3.05) is 11.9 Å². The molecule has 1 aromatic heterocycles. The number of carbonyl (C=O) groups excluding carboxylic acids is 1. The molecule has 0 aliphatic carbocycles. The van der Waals surface area contributed by atoms with Gasteiger partial charge in [-0.1, -0.05) is 18.2 Å². The van der Waals surface area contributed by atoms with Crippen LogP contribution in [0.4, 0.5) is 5.69 Å². The van der Waals surface area contributed by atoms with Gasteiger partial charge in [0, 0.05) is 16.6 Å². The van der Waals surface area contributed by atoms with Crippen LogP contribution in [0.15, 0.2) is 42.3 Å². The summed E-state index contributed by atoms with van der Waals surface area (Å²) in [6, 6.07) is 7.65. The molecule has 2 aromatic rings. The molecule has 1 aromatic carbocycles. The predicted molar refractivity (Wildman–Crippen MR) is 91.1 cm³/mol. The van der Waals surface area contributed by atoms with Crippen molar-refractivity contribution in [1.29, 1.82) is 0 Å². The van der Waals surface area contributed by atoms with E-state index in [0.717, 1.165) is 28.4 Å². The third-order valence-corrected chi connectivity index (χ3v) is 3.90. The van der Waals surface area contributed by atoms with E-state index < -0.39 is 6.10 Å². The number of ether oxygens (including phenoxy) is 1. The van der Waals surface area contributed by atoms with E-state index in [1.54, 1.807) is 24.3 Å². The highest BCUT2D eigenvalue weighted by molar-refractivity contribution is 7.09. The van der Waals surface area contributed by atoms with Gasteiger partial charge in [0.05, 0.1) is 17.3 Å². The highest BCUT2D eigenvalue weighted by Gasteiger charge is 2.13. The molecule has 5 heteroatoms. The molecule has 1 N–H and O–H groups in total. The molecule has 2 rings (SSSR count). The number of hydrogen-bond donors (Lipinski definition) is 1. The van der Waals surface area contributed by atoms with Crippen LogP contribution in [0.1, 0.15) is 18.4 Å². The van der Waals surface area contributed by atoms with Crippen LogP contribution in [0.25, 0.3) is 11.3 Å². The normalized spacial score (nSPS) is 11.9. The summed E-state index contributed by atoms with van der Waals surface area (Å²) in [6.45, 7) is 7.84. The summed E-state index contributed by atoms with van der Waals surface area (Å²) >= 11 is 1.62. The quantitative estimate of drug-likeness (QED) is 0.619. The van der Waals surface area contributed by atoms with Crippen LogP contribution in [0, 0.1) is 6.92 Å². The summed E-state index contributed by atoms with van der Waals surface area (Å²) in [6.07, 6.45) is 2.02. The fourth-order valence-corrected chi connectivity index (χ4v) is 2.49. The second-order valence-corrected chi connectivity index (χ2v) is 5.97. The van der Waals surface area contributed by atoms with Crippen molar-refractivity contribution in [2.45, 2.75) is 26.4 Å². The first-order chi connectivity index (χ1) is 10.6. The second-order valence-electron chi connectivity index (χ2n) is 4.91. The highest BCUT2D eigenvalue weighted by Crippen LogP contribution is 2.23. The zero-order valence-electron chi connectivity index (χ0n) is 12.8. The molecule has 0 spiro atoms. The molecule has 0 aliphatic heterocycles. The largest absolute Gasteiger partial charge is 0.368 e. The summed E-state index contributed by atoms with van der Waals surface area (Å²) in [5.74, 6) is -0.152. The Morgan fingerprint density at radius 2 is 2.18 bits per heavy atom. The number of anilines is 1. The Labute approximate surface area is 134 Å². The molecule has 0 saturated carbocycles. The van der Waals surface area contributed by atoms with Crippen LogP contribution < -0.4 is 5.32 Å². The summed E-state index contributed by atoms with van der Waals surface area (Å²) in [4.78, 5) is 16.4. The third-order valence-electron chi connectivity index (χ3n) is 3.13. The van der Waals surface area contributed by atoms with E-state index in [2.05, 4.69) is 16.9 Å². The van der Waals surface area contributed by atoms with Crippen molar-refractivity contribution in [3.8, 4) is 11.3 Å². The Bertz CT molecular complexity index is 634. The lowest BCUT2D eigenvalue weighted by Crippen LogP contribution is -2.27. The molecule has 1 unspecified atom stereocenters. The lowest BCUT2D eigenvalue weighted by Gasteiger charge is -2.13. The number of carbonyl (C=O) groups is 1. The Morgan fingerprint density at radius 3 is 2.77 bits per heavy atom. The molecule has 0 radical (unpaired) electrons. The predicted octanol–water partition coefficient (Wildman–Crippen LogP) is 4.04. The standard InChI is InChI=1S/C17H20N2O2S/c1-4-5-10-21-12(2)17(20)19-15-8-6-14(7-9-15)16-11-22-13(3)18-16/h4,6-9,11-12H,1,5,10H2,2-3H3,(H,19,20). The van der Waals surface area contributed by atoms with Crippen LogP contribution in [-0.2, 0) is 9.53 Å². The third kappa shape index (κ3) is 4.51. The van der Waals surface area contributed by atoms with Gasteiger partial charge in [-0.2, -0.15) is 0 Å². The zero-order valence-corrected chi connectivity index (χ0v) is 13.7. The molecule has 1 atom stereocenters. The van der Waals surface area contributed by atoms with E-state index in [-0.39, 0.29) is 5.91 Å². The van der Waals surface area contributed by atoms with Crippen LogP contribution in [-0.4, -0.2) is 23.6 Å². The van der Waals surface area contributed by atoms with E-state index in [0.29, 0.717) is 6.61 Å². The first kappa shape index (κ1) is 16.4. The van der Waals surface area contributed by atoms with Crippen molar-refractivity contribution in [1.82, 2.24) is 4.98 Å². The van der Waals surface area contributed by atoms with E-state index in [1.165, 1.54) is 0 Å². The van der Waals surface area contributed by atoms with Gasteiger partial charge < -0.3 is 10.1 Å². The zero-order chi connectivity index (χ0) is 15.9. The first-order valence-corrected chi connectivity index (χ1v) is 8.04. The number of thiazole rings is 1. The van der Waals surface area contributed by atoms with Crippen molar-refractivity contribution in [3.63, 3.8) is 0 Å². The average Bonchev–Trinajstić information content (AvgIpc) is 2.94. The Kier molecular flexibility index (Phi) is 5.86. The molecule has 1 heterocycles. The minimum atomic E-state index is -0.485. The van der Waals surface area contributed by atoms with E-state index in [9.17, 15) is 4.79 Å². The fraction of sp³-hybridized carbons (Fsp3) is 0.294. The highest BCUT2D eigenvalue weighted by atomic mass is 32.1. The number of benzene rings is 1. The van der Waals surface area contributed by atoms with Crippen LogP contribution in [0.2, 0.25) is 0 Å². The van der Waals surface area contributed by atoms with Gasteiger partial charge in [0.15, 0.2) is 0 Å². The van der Waals surface area contributed by atoms with Crippen LogP contribution in [0.5, 0.6) is 0 Å². The second kappa shape index (κ2) is 7.87. The molecule has 0 saturated heterocycles. The number of aryl methyl sites for hydroxylation is 1. The topological polar surface area (TPSA) is 51.2 Å². The fourth-order valence-electron chi connectivity index (χ4n) is 1.87. The van der Waals surface area contributed by atoms with Gasteiger partial charge >= 0.3 is 0 Å². The number of aromatic nitrogens is 1. The van der Waals surface area contributed by atoms with Crippen molar-refractivity contribution in [2.24, 2.45) is 0 Å². The van der Waals surface area contributed by atoms with E-state index in [4.69, 9.17) is 4.74 Å². The van der Waals surface area contributed by atoms with Crippen molar-refractivity contribution in [3.05, 3.63) is 47.3 Å². The Hall–Kier alpha value is -1.98. The van der Waals surface area contributed by atoms with Gasteiger partial charge in [-0.05, 0) is 32.4 Å². The maximum atomic E-state index is 12.0. The number of hydrogen-bond acceptors (Lipinski definition) is 4. The number of rotatable bonds is 7. The molecular weight excluding hydrogens is 296 g/mol. The minimum Gasteiger partial charge on any atom is -0.368 e. The number of nitrogens with zero attached hydrogens (tertiary/aromatic N) is 1. The Morgan fingerprint density at radius 1 is 1.45 bits per heavy atom. The Balaban J connectivity index is 1.93. The van der Waals surface area contributed by atoms with Crippen LogP contribution in [0.3, 0.4) is 0 Å². The smallest absolute Gasteiger partial charge is 0.253 e. The van der Waals surface area contributed by atoms with Crippen LogP contribution >= 0.6 is 11.3 Å². The maximum Gasteiger partial charge on any atom is 0.253 e. The molecule has 116 valence electrons. The van der Waals surface area contributed by atoms with Gasteiger partial charge in [-0.15, -0.1) is 17.9 Å². The molecule has 0 aliphatic rings. The maximum absolute atomic E-state index is 12.0. The summed E-state index contributed by atoms with van der Waals surface area (Å²) in [5.41, 5.74) is 2.75. The van der Waals surface area contributed by atoms with Gasteiger partial charge in [-0.25, -0.2) is 4.98 Å². The average molecular weight is 316 g/mol. The monoisotopic (exact) mass is 316 g/mol. The van der Waals surface area contributed by atoms with Gasteiger partial charge in [0.2, 0.25) is 0 Å². The molecular formula is C17H20N2O2S. The van der Waals surface area contributed by atoms with Crippen molar-refractivity contribution < 1.29 is 9.53 Å². The minimum absolute atomic E-state index is 0.152. The SMILES string of the molecule is C=CCCOC(C)C(=O)Nc1ccc(-c2csc(C)n2)cc1. The van der Waals surface area contributed by atoms with Gasteiger partial charge in [0.1, 0.15) is 6.10 Å². The lowest BCUT2D eigenvalue weighted by atomic mass is 10.1. The first-order valence-electron chi connectivity index (χ1n) is 7.16. The lowest BCUT2D eigenvalue weighted by molar-refractivity contribution is -0.126. The molecule has 1 amide bonds. The van der Waals surface area contributed by atoms with Gasteiger partial charge in [-0.3, -0.25) is 4.79 Å². The molecule has 0 fully saturated rings. The summed E-state index contributed by atoms with van der Waals surface area (Å²) < 4.78 is 5.42. The van der Waals surface area contributed by atoms with E-state index >= 15 is 0 Å². The van der Waals surface area contributed by atoms with Gasteiger partial charge in [0.25, 0.3) is 5.91 Å². The molecule has 4 nitrogen and oxygen atoms in total. The summed E-state index contributed by atoms with van der Waals surface area (Å²) in [5, 5.41) is 5.91.